The van der Waals surface area contributed by atoms with Gasteiger partial charge in [0.2, 0.25) is 5.78 Å². The van der Waals surface area contributed by atoms with Gasteiger partial charge in [0.1, 0.15) is 5.82 Å². The molecule has 0 atom stereocenters. The number of halogens is 1. The predicted octanol–water partition coefficient (Wildman–Crippen LogP) is 4.03. The fourth-order valence-corrected chi connectivity index (χ4v) is 4.09. The first-order valence-corrected chi connectivity index (χ1v) is 11.5. The van der Waals surface area contributed by atoms with Crippen molar-refractivity contribution in [3.05, 3.63) is 88.5 Å². The number of carbonyl (C=O) groups is 1. The predicted molar refractivity (Wildman–Crippen MR) is 118 cm³/mol. The summed E-state index contributed by atoms with van der Waals surface area (Å²) >= 11 is 0. The summed E-state index contributed by atoms with van der Waals surface area (Å²) in [6, 6.07) is 15.0. The maximum Gasteiger partial charge on any atom is 0.257 e. The molecule has 0 amide bonds. The quantitative estimate of drug-likeness (QED) is 0.506. The van der Waals surface area contributed by atoms with Crippen molar-refractivity contribution >= 4 is 21.5 Å². The van der Waals surface area contributed by atoms with Crippen molar-refractivity contribution in [2.75, 3.05) is 17.3 Å². The number of rotatable bonds is 9. The number of aromatic nitrogens is 1. The van der Waals surface area contributed by atoms with Crippen LogP contribution < -0.4 is 4.72 Å². The van der Waals surface area contributed by atoms with E-state index < -0.39 is 21.8 Å². The number of anilines is 1. The molecule has 31 heavy (non-hydrogen) atoms. The van der Waals surface area contributed by atoms with E-state index in [1.807, 2.05) is 19.1 Å². The number of benzene rings is 2. The van der Waals surface area contributed by atoms with Gasteiger partial charge in [0.25, 0.3) is 10.0 Å². The van der Waals surface area contributed by atoms with Crippen molar-refractivity contribution in [1.82, 2.24) is 4.57 Å². The summed E-state index contributed by atoms with van der Waals surface area (Å²) in [4.78, 5) is 12.8. The van der Waals surface area contributed by atoms with E-state index in [2.05, 4.69) is 4.72 Å². The Kier molecular flexibility index (Phi) is 6.92. The van der Waals surface area contributed by atoms with E-state index in [1.165, 1.54) is 12.1 Å². The number of ether oxygens (including phenoxy) is 1. The van der Waals surface area contributed by atoms with Crippen molar-refractivity contribution < 1.29 is 22.3 Å². The molecule has 0 aliphatic rings. The van der Waals surface area contributed by atoms with Crippen LogP contribution in [0.1, 0.15) is 39.8 Å². The van der Waals surface area contributed by atoms with Crippen LogP contribution in [-0.4, -0.2) is 31.3 Å². The summed E-state index contributed by atoms with van der Waals surface area (Å²) in [5, 5.41) is 0. The van der Waals surface area contributed by atoms with Crippen LogP contribution in [-0.2, 0) is 28.2 Å². The van der Waals surface area contributed by atoms with Crippen LogP contribution in [0, 0.1) is 12.7 Å². The standard InChI is InChI=1S/C23H25FN2O4S/c1-4-30-15-31(28,29)25-19-10-9-18(21(24)14-19)13-20-11-12-22(26(20)3)23(27)17-7-5-16(2)6-8-17/h5-12,14,25H,4,13,15H2,1-3H3. The summed E-state index contributed by atoms with van der Waals surface area (Å²) in [6.07, 6.45) is 0.259. The second-order valence-corrected chi connectivity index (χ2v) is 8.94. The lowest BCUT2D eigenvalue weighted by atomic mass is 10.1. The van der Waals surface area contributed by atoms with Gasteiger partial charge in [-0.3, -0.25) is 9.52 Å². The van der Waals surface area contributed by atoms with Gasteiger partial charge in [0, 0.05) is 31.3 Å². The van der Waals surface area contributed by atoms with E-state index in [-0.39, 0.29) is 24.5 Å². The van der Waals surface area contributed by atoms with Gasteiger partial charge < -0.3 is 9.30 Å². The number of nitrogens with one attached hydrogen (secondary N) is 1. The Labute approximate surface area is 181 Å². The van der Waals surface area contributed by atoms with Crippen molar-refractivity contribution in [2.24, 2.45) is 7.05 Å². The minimum Gasteiger partial charge on any atom is -0.364 e. The molecule has 0 fully saturated rings. The number of ketones is 1. The third-order valence-corrected chi connectivity index (χ3v) is 5.94. The van der Waals surface area contributed by atoms with Crippen LogP contribution >= 0.6 is 0 Å². The summed E-state index contributed by atoms with van der Waals surface area (Å²) in [7, 11) is -1.94. The van der Waals surface area contributed by atoms with E-state index in [9.17, 15) is 17.6 Å². The fourth-order valence-electron chi connectivity index (χ4n) is 3.16. The van der Waals surface area contributed by atoms with Crippen molar-refractivity contribution in [3.63, 3.8) is 0 Å². The Balaban J connectivity index is 1.76. The highest BCUT2D eigenvalue weighted by Gasteiger charge is 2.17. The summed E-state index contributed by atoms with van der Waals surface area (Å²) in [6.45, 7) is 3.91. The van der Waals surface area contributed by atoms with Crippen LogP contribution in [0.3, 0.4) is 0 Å². The number of sulfonamides is 1. The molecule has 0 saturated carbocycles. The highest BCUT2D eigenvalue weighted by molar-refractivity contribution is 7.92. The van der Waals surface area contributed by atoms with Crippen LogP contribution in [0.4, 0.5) is 10.1 Å². The number of nitrogens with zero attached hydrogens (tertiary/aromatic N) is 1. The molecule has 6 nitrogen and oxygen atoms in total. The summed E-state index contributed by atoms with van der Waals surface area (Å²) < 4.78 is 47.4. The molecule has 0 saturated heterocycles. The van der Waals surface area contributed by atoms with Gasteiger partial charge in [0.15, 0.2) is 5.94 Å². The Morgan fingerprint density at radius 2 is 1.81 bits per heavy atom. The molecule has 1 heterocycles. The molecule has 1 N–H and O–H groups in total. The molecule has 3 rings (SSSR count). The minimum absolute atomic E-state index is 0.103. The molecule has 0 aliphatic carbocycles. The smallest absolute Gasteiger partial charge is 0.257 e. The second-order valence-electron chi connectivity index (χ2n) is 7.27. The van der Waals surface area contributed by atoms with Crippen LogP contribution in [0.25, 0.3) is 0 Å². The van der Waals surface area contributed by atoms with E-state index >= 15 is 0 Å². The topological polar surface area (TPSA) is 77.4 Å². The third-order valence-electron chi connectivity index (χ3n) is 4.91. The van der Waals surface area contributed by atoms with E-state index in [0.717, 1.165) is 17.3 Å². The second kappa shape index (κ2) is 9.45. The zero-order valence-electron chi connectivity index (χ0n) is 17.7. The molecule has 1 aromatic heterocycles. The largest absolute Gasteiger partial charge is 0.364 e. The maximum atomic E-state index is 14.6. The van der Waals surface area contributed by atoms with Crippen LogP contribution in [0.2, 0.25) is 0 Å². The lowest BCUT2D eigenvalue weighted by molar-refractivity contribution is 0.103. The van der Waals surface area contributed by atoms with Crippen molar-refractivity contribution in [1.29, 1.82) is 0 Å². The maximum absolute atomic E-state index is 14.6. The Morgan fingerprint density at radius 3 is 2.45 bits per heavy atom. The molecule has 164 valence electrons. The van der Waals surface area contributed by atoms with E-state index in [0.29, 0.717) is 16.8 Å². The average Bonchev–Trinajstić information content (AvgIpc) is 3.08. The first kappa shape index (κ1) is 22.7. The van der Waals surface area contributed by atoms with Gasteiger partial charge in [-0.1, -0.05) is 35.9 Å². The van der Waals surface area contributed by atoms with Crippen molar-refractivity contribution in [3.8, 4) is 0 Å². The number of aryl methyl sites for hydroxylation is 1. The first-order valence-electron chi connectivity index (χ1n) is 9.83. The molecule has 0 bridgehead atoms. The van der Waals surface area contributed by atoms with Crippen LogP contribution in [0.15, 0.2) is 54.6 Å². The van der Waals surface area contributed by atoms with Gasteiger partial charge in [-0.25, -0.2) is 12.8 Å². The fraction of sp³-hybridized carbons (Fsp3) is 0.261. The lowest BCUT2D eigenvalue weighted by Crippen LogP contribution is -2.18. The number of hydrogen-bond acceptors (Lipinski definition) is 4. The van der Waals surface area contributed by atoms with Crippen LogP contribution in [0.5, 0.6) is 0 Å². The van der Waals surface area contributed by atoms with Gasteiger partial charge in [-0.15, -0.1) is 0 Å². The molecule has 2 aromatic carbocycles. The zero-order valence-corrected chi connectivity index (χ0v) is 18.5. The molecular formula is C23H25FN2O4S. The Hall–Kier alpha value is -2.97. The SMILES string of the molecule is CCOCS(=O)(=O)Nc1ccc(Cc2ccc(C(=O)c3ccc(C)cc3)n2C)c(F)c1. The lowest BCUT2D eigenvalue weighted by Gasteiger charge is -2.11. The monoisotopic (exact) mass is 444 g/mol. The summed E-state index contributed by atoms with van der Waals surface area (Å²) in [5.41, 5.74) is 3.46. The molecule has 8 heteroatoms. The molecule has 0 aliphatic heterocycles. The van der Waals surface area contributed by atoms with Gasteiger partial charge >= 0.3 is 0 Å². The number of carbonyl (C=O) groups excluding carboxylic acids is 1. The van der Waals surface area contributed by atoms with E-state index in [4.69, 9.17) is 4.74 Å². The van der Waals surface area contributed by atoms with E-state index in [1.54, 1.807) is 42.8 Å². The first-order chi connectivity index (χ1) is 14.7. The highest BCUT2D eigenvalue weighted by atomic mass is 32.2. The molecule has 3 aromatic rings. The Morgan fingerprint density at radius 1 is 1.10 bits per heavy atom. The summed E-state index contributed by atoms with van der Waals surface area (Å²) in [5.74, 6) is -1.13. The number of hydrogen-bond donors (Lipinski definition) is 1. The average molecular weight is 445 g/mol. The molecular weight excluding hydrogens is 419 g/mol. The highest BCUT2D eigenvalue weighted by Crippen LogP contribution is 2.21. The molecule has 0 radical (unpaired) electrons. The molecule has 0 unspecified atom stereocenters. The van der Waals surface area contributed by atoms with Gasteiger partial charge in [-0.05, 0) is 43.7 Å². The minimum atomic E-state index is -3.71. The van der Waals surface area contributed by atoms with Crippen molar-refractivity contribution in [2.45, 2.75) is 20.3 Å². The normalized spacial score (nSPS) is 11.5. The van der Waals surface area contributed by atoms with Gasteiger partial charge in [0.05, 0.1) is 11.4 Å². The zero-order chi connectivity index (χ0) is 22.6. The molecule has 0 spiro atoms. The van der Waals surface area contributed by atoms with Gasteiger partial charge in [-0.2, -0.15) is 0 Å². The Bertz CT molecular complexity index is 1180. The third kappa shape index (κ3) is 5.59.